The summed E-state index contributed by atoms with van der Waals surface area (Å²) >= 11 is 0. The number of carbonyl (C=O) groups excluding carboxylic acids is 2. The van der Waals surface area contributed by atoms with E-state index >= 15 is 0 Å². The molecule has 1 aliphatic heterocycles. The summed E-state index contributed by atoms with van der Waals surface area (Å²) in [6.07, 6.45) is 1.93. The van der Waals surface area contributed by atoms with Crippen molar-refractivity contribution in [3.63, 3.8) is 0 Å². The van der Waals surface area contributed by atoms with Crippen LogP contribution in [0.3, 0.4) is 0 Å². The Morgan fingerprint density at radius 3 is 2.24 bits per heavy atom. The van der Waals surface area contributed by atoms with E-state index in [1.807, 2.05) is 60.4 Å². The van der Waals surface area contributed by atoms with E-state index in [0.29, 0.717) is 37.6 Å². The standard InChI is InChI=1S/C23H28N2O4/c1-2-28-20-10-6-7-11-21(20)29-17-22(26)24-19-12-14-25(15-13-19)23(27)16-18-8-4-3-5-9-18/h3-11,19H,2,12-17H2,1H3,(H,24,26). The second-order valence-electron chi connectivity index (χ2n) is 7.05. The summed E-state index contributed by atoms with van der Waals surface area (Å²) in [5.74, 6) is 1.17. The van der Waals surface area contributed by atoms with Gasteiger partial charge in [0.15, 0.2) is 18.1 Å². The molecule has 6 heteroatoms. The first kappa shape index (κ1) is 20.7. The molecule has 0 atom stereocenters. The van der Waals surface area contributed by atoms with E-state index in [1.165, 1.54) is 0 Å². The van der Waals surface area contributed by atoms with Gasteiger partial charge in [-0.05, 0) is 37.5 Å². The number of ether oxygens (including phenoxy) is 2. The largest absolute Gasteiger partial charge is 0.490 e. The topological polar surface area (TPSA) is 67.9 Å². The number of nitrogens with one attached hydrogen (secondary N) is 1. The number of para-hydroxylation sites is 2. The number of hydrogen-bond donors (Lipinski definition) is 1. The Labute approximate surface area is 171 Å². The summed E-state index contributed by atoms with van der Waals surface area (Å²) in [5.41, 5.74) is 1.03. The predicted molar refractivity (Wildman–Crippen MR) is 111 cm³/mol. The van der Waals surface area contributed by atoms with Crippen LogP contribution in [0.25, 0.3) is 0 Å². The number of rotatable bonds is 8. The second-order valence-corrected chi connectivity index (χ2v) is 7.05. The monoisotopic (exact) mass is 396 g/mol. The van der Waals surface area contributed by atoms with Crippen LogP contribution in [0.5, 0.6) is 11.5 Å². The van der Waals surface area contributed by atoms with Crippen molar-refractivity contribution < 1.29 is 19.1 Å². The van der Waals surface area contributed by atoms with Crippen molar-refractivity contribution in [2.45, 2.75) is 32.2 Å². The summed E-state index contributed by atoms with van der Waals surface area (Å²) in [6.45, 7) is 3.70. The van der Waals surface area contributed by atoms with E-state index < -0.39 is 0 Å². The number of nitrogens with zero attached hydrogens (tertiary/aromatic N) is 1. The molecule has 1 fully saturated rings. The Morgan fingerprint density at radius 1 is 0.966 bits per heavy atom. The predicted octanol–water partition coefficient (Wildman–Crippen LogP) is 2.81. The number of likely N-dealkylation sites (tertiary alicyclic amines) is 1. The maximum absolute atomic E-state index is 12.4. The molecule has 29 heavy (non-hydrogen) atoms. The molecule has 2 aromatic carbocycles. The lowest BCUT2D eigenvalue weighted by atomic mass is 10.0. The number of piperidine rings is 1. The SMILES string of the molecule is CCOc1ccccc1OCC(=O)NC1CCN(C(=O)Cc2ccccc2)CC1. The first-order valence-corrected chi connectivity index (χ1v) is 10.1. The molecular formula is C23H28N2O4. The molecule has 0 aliphatic carbocycles. The van der Waals surface area contributed by atoms with Crippen LogP contribution in [0.4, 0.5) is 0 Å². The van der Waals surface area contributed by atoms with E-state index in [4.69, 9.17) is 9.47 Å². The fourth-order valence-corrected chi connectivity index (χ4v) is 3.41. The summed E-state index contributed by atoms with van der Waals surface area (Å²) in [7, 11) is 0. The Kier molecular flexibility index (Phi) is 7.50. The number of carbonyl (C=O) groups is 2. The van der Waals surface area contributed by atoms with Gasteiger partial charge in [-0.25, -0.2) is 0 Å². The van der Waals surface area contributed by atoms with Gasteiger partial charge in [0.25, 0.3) is 5.91 Å². The van der Waals surface area contributed by atoms with Crippen LogP contribution in [0.2, 0.25) is 0 Å². The van der Waals surface area contributed by atoms with Crippen molar-refractivity contribution in [3.8, 4) is 11.5 Å². The van der Waals surface area contributed by atoms with Gasteiger partial charge in [-0.15, -0.1) is 0 Å². The molecule has 0 saturated carbocycles. The normalized spacial score (nSPS) is 14.3. The summed E-state index contributed by atoms with van der Waals surface area (Å²) in [4.78, 5) is 26.6. The molecule has 1 aliphatic rings. The highest BCUT2D eigenvalue weighted by Crippen LogP contribution is 2.26. The quantitative estimate of drug-likeness (QED) is 0.745. The number of amides is 2. The first-order chi connectivity index (χ1) is 14.2. The lowest BCUT2D eigenvalue weighted by Crippen LogP contribution is -2.47. The molecule has 0 radical (unpaired) electrons. The minimum Gasteiger partial charge on any atom is -0.490 e. The summed E-state index contributed by atoms with van der Waals surface area (Å²) < 4.78 is 11.1. The fraction of sp³-hybridized carbons (Fsp3) is 0.391. The molecule has 1 heterocycles. The van der Waals surface area contributed by atoms with E-state index in [0.717, 1.165) is 18.4 Å². The zero-order chi connectivity index (χ0) is 20.5. The summed E-state index contributed by atoms with van der Waals surface area (Å²) in [6, 6.07) is 17.1. The van der Waals surface area contributed by atoms with Crippen molar-refractivity contribution in [2.24, 2.45) is 0 Å². The summed E-state index contributed by atoms with van der Waals surface area (Å²) in [5, 5.41) is 3.01. The Bertz CT molecular complexity index is 802. The van der Waals surface area contributed by atoms with E-state index in [9.17, 15) is 9.59 Å². The minimum atomic E-state index is -0.162. The molecule has 1 N–H and O–H groups in total. The highest BCUT2D eigenvalue weighted by molar-refractivity contribution is 5.79. The highest BCUT2D eigenvalue weighted by atomic mass is 16.5. The lowest BCUT2D eigenvalue weighted by Gasteiger charge is -2.32. The average molecular weight is 396 g/mol. The van der Waals surface area contributed by atoms with Crippen LogP contribution in [0, 0.1) is 0 Å². The van der Waals surface area contributed by atoms with Gasteiger partial charge in [0.2, 0.25) is 5.91 Å². The Hall–Kier alpha value is -3.02. The highest BCUT2D eigenvalue weighted by Gasteiger charge is 2.24. The van der Waals surface area contributed by atoms with Gasteiger partial charge in [-0.2, -0.15) is 0 Å². The van der Waals surface area contributed by atoms with Gasteiger partial charge in [0, 0.05) is 19.1 Å². The maximum Gasteiger partial charge on any atom is 0.258 e. The molecule has 6 nitrogen and oxygen atoms in total. The van der Waals surface area contributed by atoms with Gasteiger partial charge in [-0.1, -0.05) is 42.5 Å². The minimum absolute atomic E-state index is 0.0583. The number of hydrogen-bond acceptors (Lipinski definition) is 4. The lowest BCUT2D eigenvalue weighted by molar-refractivity contribution is -0.131. The van der Waals surface area contributed by atoms with E-state index in [1.54, 1.807) is 6.07 Å². The molecule has 0 bridgehead atoms. The molecule has 0 unspecified atom stereocenters. The average Bonchev–Trinajstić information content (AvgIpc) is 2.74. The van der Waals surface area contributed by atoms with Crippen molar-refractivity contribution in [2.75, 3.05) is 26.3 Å². The third-order valence-corrected chi connectivity index (χ3v) is 4.92. The van der Waals surface area contributed by atoms with Crippen molar-refractivity contribution >= 4 is 11.8 Å². The van der Waals surface area contributed by atoms with Crippen LogP contribution in [-0.4, -0.2) is 49.1 Å². The smallest absolute Gasteiger partial charge is 0.258 e. The molecule has 1 saturated heterocycles. The molecule has 154 valence electrons. The van der Waals surface area contributed by atoms with Gasteiger partial charge >= 0.3 is 0 Å². The Morgan fingerprint density at radius 2 is 1.59 bits per heavy atom. The van der Waals surface area contributed by atoms with Gasteiger partial charge < -0.3 is 19.7 Å². The van der Waals surface area contributed by atoms with Gasteiger partial charge in [0.05, 0.1) is 13.0 Å². The fourth-order valence-electron chi connectivity index (χ4n) is 3.41. The van der Waals surface area contributed by atoms with Crippen molar-refractivity contribution in [1.29, 1.82) is 0 Å². The zero-order valence-corrected chi connectivity index (χ0v) is 16.8. The third-order valence-electron chi connectivity index (χ3n) is 4.92. The molecule has 2 aromatic rings. The van der Waals surface area contributed by atoms with Crippen LogP contribution in [0.15, 0.2) is 54.6 Å². The molecular weight excluding hydrogens is 368 g/mol. The molecule has 2 amide bonds. The molecule has 0 spiro atoms. The number of benzene rings is 2. The molecule has 3 rings (SSSR count). The Balaban J connectivity index is 1.40. The zero-order valence-electron chi connectivity index (χ0n) is 16.8. The van der Waals surface area contributed by atoms with Gasteiger partial charge in [0.1, 0.15) is 0 Å². The van der Waals surface area contributed by atoms with Crippen LogP contribution < -0.4 is 14.8 Å². The van der Waals surface area contributed by atoms with Crippen molar-refractivity contribution in [1.82, 2.24) is 10.2 Å². The van der Waals surface area contributed by atoms with Crippen molar-refractivity contribution in [3.05, 3.63) is 60.2 Å². The third kappa shape index (κ3) is 6.24. The molecule has 0 aromatic heterocycles. The van der Waals surface area contributed by atoms with E-state index in [-0.39, 0.29) is 24.5 Å². The van der Waals surface area contributed by atoms with Crippen LogP contribution >= 0.6 is 0 Å². The second kappa shape index (κ2) is 10.5. The van der Waals surface area contributed by atoms with Gasteiger partial charge in [-0.3, -0.25) is 9.59 Å². The van der Waals surface area contributed by atoms with Crippen LogP contribution in [0.1, 0.15) is 25.3 Å². The first-order valence-electron chi connectivity index (χ1n) is 10.1. The maximum atomic E-state index is 12.4. The van der Waals surface area contributed by atoms with E-state index in [2.05, 4.69) is 5.32 Å². The van der Waals surface area contributed by atoms with Crippen LogP contribution in [-0.2, 0) is 16.0 Å².